The third-order valence-corrected chi connectivity index (χ3v) is 5.55. The largest absolute Gasteiger partial charge is 0.396 e. The summed E-state index contributed by atoms with van der Waals surface area (Å²) < 4.78 is 5.84. The molecule has 2 fully saturated rings. The molecule has 0 radical (unpaired) electrons. The summed E-state index contributed by atoms with van der Waals surface area (Å²) in [5.74, 6) is 6.45. The van der Waals surface area contributed by atoms with Crippen LogP contribution in [0.4, 0.5) is 0 Å². The maximum absolute atomic E-state index is 9.87. The summed E-state index contributed by atoms with van der Waals surface area (Å²) in [6, 6.07) is 8.22. The highest BCUT2D eigenvalue weighted by molar-refractivity contribution is 5.36. The highest BCUT2D eigenvalue weighted by Crippen LogP contribution is 2.26. The fraction of sp³-hybridized carbons (Fsp3) is 0.636. The molecule has 2 N–H and O–H groups in total. The predicted octanol–water partition coefficient (Wildman–Crippen LogP) is 1.18. The zero-order valence-corrected chi connectivity index (χ0v) is 16.5. The lowest BCUT2D eigenvalue weighted by molar-refractivity contribution is -0.0727. The van der Waals surface area contributed by atoms with Crippen LogP contribution in [0.2, 0.25) is 0 Å². The van der Waals surface area contributed by atoms with E-state index in [9.17, 15) is 5.11 Å². The zero-order valence-electron chi connectivity index (χ0n) is 16.5. The third kappa shape index (κ3) is 5.78. The van der Waals surface area contributed by atoms with Crippen LogP contribution in [0.1, 0.15) is 25.0 Å². The molecule has 2 aliphatic heterocycles. The van der Waals surface area contributed by atoms with Crippen LogP contribution in [-0.4, -0.2) is 78.2 Å². The van der Waals surface area contributed by atoms with E-state index in [1.165, 1.54) is 5.56 Å². The number of likely N-dealkylation sites (tertiary alicyclic amines) is 1. The minimum atomic E-state index is -0.111. The van der Waals surface area contributed by atoms with Crippen molar-refractivity contribution in [3.05, 3.63) is 35.4 Å². The second kappa shape index (κ2) is 9.68. The molecule has 0 saturated carbocycles. The molecule has 1 aromatic rings. The van der Waals surface area contributed by atoms with E-state index in [1.807, 2.05) is 12.1 Å². The van der Waals surface area contributed by atoms with E-state index < -0.39 is 0 Å². The van der Waals surface area contributed by atoms with Gasteiger partial charge in [-0.3, -0.25) is 9.80 Å². The van der Waals surface area contributed by atoms with Gasteiger partial charge in [0.1, 0.15) is 6.61 Å². The molecule has 0 spiro atoms. The molecule has 0 aromatic heterocycles. The van der Waals surface area contributed by atoms with Gasteiger partial charge >= 0.3 is 0 Å². The van der Waals surface area contributed by atoms with Gasteiger partial charge < -0.3 is 14.9 Å². The number of rotatable bonds is 5. The van der Waals surface area contributed by atoms with Crippen LogP contribution >= 0.6 is 0 Å². The Morgan fingerprint density at radius 2 is 1.63 bits per heavy atom. The molecule has 5 nitrogen and oxygen atoms in total. The van der Waals surface area contributed by atoms with Gasteiger partial charge in [-0.05, 0) is 43.4 Å². The van der Waals surface area contributed by atoms with E-state index in [0.29, 0.717) is 11.8 Å². The fourth-order valence-corrected chi connectivity index (χ4v) is 4.44. The summed E-state index contributed by atoms with van der Waals surface area (Å²) >= 11 is 0. The Labute approximate surface area is 162 Å². The Bertz CT molecular complexity index is 642. The minimum absolute atomic E-state index is 0.111. The van der Waals surface area contributed by atoms with E-state index in [4.69, 9.17) is 9.84 Å². The smallest absolute Gasteiger partial charge is 0.104 e. The number of hydrogen-bond acceptors (Lipinski definition) is 5. The van der Waals surface area contributed by atoms with E-state index in [0.717, 1.165) is 44.8 Å². The van der Waals surface area contributed by atoms with Crippen LogP contribution in [-0.2, 0) is 11.3 Å². The lowest BCUT2D eigenvalue weighted by Crippen LogP contribution is -2.48. The van der Waals surface area contributed by atoms with Gasteiger partial charge in [0.15, 0.2) is 0 Å². The van der Waals surface area contributed by atoms with E-state index >= 15 is 0 Å². The lowest BCUT2D eigenvalue weighted by Gasteiger charge is -2.37. The molecule has 0 amide bonds. The number of aliphatic hydroxyl groups is 2. The van der Waals surface area contributed by atoms with Crippen LogP contribution in [0.3, 0.4) is 0 Å². The lowest BCUT2D eigenvalue weighted by atomic mass is 9.96. The fourth-order valence-electron chi connectivity index (χ4n) is 4.44. The first-order valence-electron chi connectivity index (χ1n) is 9.97. The monoisotopic (exact) mass is 372 g/mol. The molecule has 0 bridgehead atoms. The maximum Gasteiger partial charge on any atom is 0.104 e. The molecule has 2 heterocycles. The summed E-state index contributed by atoms with van der Waals surface area (Å²) in [5.41, 5.74) is 2.19. The zero-order chi connectivity index (χ0) is 19.2. The van der Waals surface area contributed by atoms with Crippen LogP contribution in [0.5, 0.6) is 0 Å². The second-order valence-corrected chi connectivity index (χ2v) is 8.03. The van der Waals surface area contributed by atoms with Crippen molar-refractivity contribution in [2.24, 2.45) is 11.8 Å². The molecule has 2 saturated heterocycles. The normalized spacial score (nSPS) is 29.5. The average molecular weight is 373 g/mol. The number of morpholine rings is 1. The van der Waals surface area contributed by atoms with Gasteiger partial charge in [-0.25, -0.2) is 0 Å². The van der Waals surface area contributed by atoms with Crippen molar-refractivity contribution in [3.8, 4) is 11.8 Å². The molecular weight excluding hydrogens is 340 g/mol. The Morgan fingerprint density at radius 1 is 0.963 bits per heavy atom. The standard InChI is InChI=1S/C22H32N2O3/c1-17-10-23(11-18(2)27-17)13-21-14-24(15-22(21)16-26)12-20-7-5-19(6-8-20)4-3-9-25/h5-8,17-18,21-22,25-26H,9-16H2,1-2H3/t17-,18+,21-,22-/m1/s1. The van der Waals surface area contributed by atoms with Gasteiger partial charge in [0.05, 0.1) is 12.2 Å². The van der Waals surface area contributed by atoms with Crippen molar-refractivity contribution in [3.63, 3.8) is 0 Å². The Balaban J connectivity index is 1.55. The van der Waals surface area contributed by atoms with Gasteiger partial charge in [0.25, 0.3) is 0 Å². The number of hydrogen-bond donors (Lipinski definition) is 2. The number of benzene rings is 1. The summed E-state index contributed by atoms with van der Waals surface area (Å²) in [4.78, 5) is 4.96. The Morgan fingerprint density at radius 3 is 2.26 bits per heavy atom. The van der Waals surface area contributed by atoms with Crippen LogP contribution in [0.25, 0.3) is 0 Å². The van der Waals surface area contributed by atoms with E-state index in [-0.39, 0.29) is 25.4 Å². The summed E-state index contributed by atoms with van der Waals surface area (Å²) in [6.45, 7) is 10.3. The number of aliphatic hydroxyl groups excluding tert-OH is 2. The average Bonchev–Trinajstić information content (AvgIpc) is 3.01. The summed E-state index contributed by atoms with van der Waals surface area (Å²) in [7, 11) is 0. The van der Waals surface area contributed by atoms with Gasteiger partial charge in [-0.15, -0.1) is 0 Å². The minimum Gasteiger partial charge on any atom is -0.396 e. The van der Waals surface area contributed by atoms with Gasteiger partial charge in [0.2, 0.25) is 0 Å². The molecule has 5 heteroatoms. The van der Waals surface area contributed by atoms with Gasteiger partial charge in [-0.2, -0.15) is 0 Å². The molecule has 1 aromatic carbocycles. The molecular formula is C22H32N2O3. The van der Waals surface area contributed by atoms with Crippen LogP contribution in [0, 0.1) is 23.7 Å². The van der Waals surface area contributed by atoms with Crippen molar-refractivity contribution in [2.45, 2.75) is 32.6 Å². The van der Waals surface area contributed by atoms with Crippen molar-refractivity contribution < 1.29 is 14.9 Å². The maximum atomic E-state index is 9.87. The first kappa shape index (κ1) is 20.3. The molecule has 0 unspecified atom stereocenters. The first-order valence-corrected chi connectivity index (χ1v) is 9.97. The van der Waals surface area contributed by atoms with Crippen molar-refractivity contribution in [1.29, 1.82) is 0 Å². The highest BCUT2D eigenvalue weighted by atomic mass is 16.5. The number of nitrogens with zero attached hydrogens (tertiary/aromatic N) is 2. The molecule has 27 heavy (non-hydrogen) atoms. The van der Waals surface area contributed by atoms with Crippen LogP contribution in [0.15, 0.2) is 24.3 Å². The van der Waals surface area contributed by atoms with Crippen molar-refractivity contribution in [2.75, 3.05) is 45.9 Å². The highest BCUT2D eigenvalue weighted by Gasteiger charge is 2.34. The second-order valence-electron chi connectivity index (χ2n) is 8.03. The molecule has 148 valence electrons. The van der Waals surface area contributed by atoms with Gasteiger partial charge in [0, 0.05) is 51.4 Å². The first-order chi connectivity index (χ1) is 13.1. The predicted molar refractivity (Wildman–Crippen MR) is 106 cm³/mol. The molecule has 4 atom stereocenters. The van der Waals surface area contributed by atoms with Crippen molar-refractivity contribution in [1.82, 2.24) is 9.80 Å². The van der Waals surface area contributed by atoms with Gasteiger partial charge in [-0.1, -0.05) is 24.0 Å². The van der Waals surface area contributed by atoms with Crippen LogP contribution < -0.4 is 0 Å². The quantitative estimate of drug-likeness (QED) is 0.761. The van der Waals surface area contributed by atoms with E-state index in [1.54, 1.807) is 0 Å². The molecule has 3 rings (SSSR count). The molecule has 0 aliphatic carbocycles. The Kier molecular flexibility index (Phi) is 7.28. The third-order valence-electron chi connectivity index (χ3n) is 5.55. The SMILES string of the molecule is C[C@@H]1CN(C[C@@H]2CN(Cc3ccc(C#CCO)cc3)C[C@@H]2CO)C[C@H](C)O1. The Hall–Kier alpha value is -1.42. The molecule has 2 aliphatic rings. The summed E-state index contributed by atoms with van der Waals surface area (Å²) in [5, 5.41) is 18.6. The van der Waals surface area contributed by atoms with Crippen molar-refractivity contribution >= 4 is 0 Å². The topological polar surface area (TPSA) is 56.2 Å². The number of ether oxygens (including phenoxy) is 1. The van der Waals surface area contributed by atoms with E-state index in [2.05, 4.69) is 47.6 Å². The summed E-state index contributed by atoms with van der Waals surface area (Å²) in [6.07, 6.45) is 0.567.